The molecule has 0 atom stereocenters. The second kappa shape index (κ2) is 10.7. The van der Waals surface area contributed by atoms with E-state index in [-0.39, 0.29) is 12.0 Å². The van der Waals surface area contributed by atoms with Crippen LogP contribution < -0.4 is 10.1 Å². The molecule has 0 heterocycles. The summed E-state index contributed by atoms with van der Waals surface area (Å²) in [6.45, 7) is 8.42. The lowest BCUT2D eigenvalue weighted by Gasteiger charge is -2.11. The van der Waals surface area contributed by atoms with E-state index in [0.717, 1.165) is 34.8 Å². The second-order valence-electron chi connectivity index (χ2n) is 6.27. The van der Waals surface area contributed by atoms with Crippen molar-refractivity contribution >= 4 is 17.7 Å². The van der Waals surface area contributed by atoms with Crippen molar-refractivity contribution in [2.24, 2.45) is 0 Å². The Morgan fingerprint density at radius 1 is 1.19 bits per heavy atom. The third-order valence-corrected chi connectivity index (χ3v) is 4.78. The first kappa shape index (κ1) is 20.1. The highest BCUT2D eigenvalue weighted by Crippen LogP contribution is 2.22. The van der Waals surface area contributed by atoms with Gasteiger partial charge in [-0.25, -0.2) is 0 Å². The predicted octanol–water partition coefficient (Wildman–Crippen LogP) is 5.11. The first-order valence-corrected chi connectivity index (χ1v) is 9.95. The molecule has 0 fully saturated rings. The molecule has 0 aliphatic heterocycles. The van der Waals surface area contributed by atoms with Crippen molar-refractivity contribution < 1.29 is 9.53 Å². The predicted molar refractivity (Wildman–Crippen MR) is 110 cm³/mol. The zero-order valence-electron chi connectivity index (χ0n) is 15.5. The monoisotopic (exact) mass is 369 g/mol. The summed E-state index contributed by atoms with van der Waals surface area (Å²) in [4.78, 5) is 13.4. The van der Waals surface area contributed by atoms with E-state index in [4.69, 9.17) is 4.74 Å². The molecule has 0 bridgehead atoms. The van der Waals surface area contributed by atoms with Crippen molar-refractivity contribution in [2.75, 3.05) is 12.3 Å². The number of thioether (sulfide) groups is 1. The summed E-state index contributed by atoms with van der Waals surface area (Å²) in [5, 5.41) is 3.02. The van der Waals surface area contributed by atoms with E-state index >= 15 is 0 Å². The van der Waals surface area contributed by atoms with Crippen molar-refractivity contribution in [1.82, 2.24) is 5.32 Å². The molecule has 0 aliphatic carbocycles. The number of hydrogen-bond acceptors (Lipinski definition) is 3. The number of nitrogens with one attached hydrogen (secondary N) is 1. The molecule has 0 aliphatic rings. The van der Waals surface area contributed by atoms with Gasteiger partial charge < -0.3 is 10.1 Å². The minimum Gasteiger partial charge on any atom is -0.491 e. The fourth-order valence-corrected chi connectivity index (χ4v) is 3.31. The number of rotatable bonds is 10. The van der Waals surface area contributed by atoms with Crippen LogP contribution in [0.2, 0.25) is 0 Å². The normalized spacial score (nSPS) is 10.6. The van der Waals surface area contributed by atoms with Crippen LogP contribution in [0.1, 0.15) is 36.2 Å². The number of carbonyl (C=O) groups excluding carboxylic acids is 1. The summed E-state index contributed by atoms with van der Waals surface area (Å²) in [5.41, 5.74) is 1.98. The number of amides is 1. The maximum atomic E-state index is 12.4. The molecule has 1 amide bonds. The SMILES string of the molecule is C=CCSc1ccccc1C(=O)NCCCc1ccc(OC(C)C)cc1. The van der Waals surface area contributed by atoms with E-state index in [1.165, 1.54) is 5.56 Å². The van der Waals surface area contributed by atoms with Gasteiger partial charge >= 0.3 is 0 Å². The largest absolute Gasteiger partial charge is 0.491 e. The topological polar surface area (TPSA) is 38.3 Å². The molecule has 0 spiro atoms. The zero-order chi connectivity index (χ0) is 18.8. The van der Waals surface area contributed by atoms with Crippen LogP contribution in [0, 0.1) is 0 Å². The summed E-state index contributed by atoms with van der Waals surface area (Å²) in [6, 6.07) is 15.9. The summed E-state index contributed by atoms with van der Waals surface area (Å²) in [7, 11) is 0. The van der Waals surface area contributed by atoms with Crippen molar-refractivity contribution in [3.63, 3.8) is 0 Å². The lowest BCUT2D eigenvalue weighted by atomic mass is 10.1. The molecule has 2 aromatic carbocycles. The van der Waals surface area contributed by atoms with Crippen LogP contribution in [-0.2, 0) is 6.42 Å². The fourth-order valence-electron chi connectivity index (χ4n) is 2.53. The molecule has 2 rings (SSSR count). The molecule has 0 radical (unpaired) electrons. The molecular formula is C22H27NO2S. The summed E-state index contributed by atoms with van der Waals surface area (Å²) in [5.74, 6) is 1.67. The van der Waals surface area contributed by atoms with Crippen LogP contribution in [0.15, 0.2) is 66.1 Å². The summed E-state index contributed by atoms with van der Waals surface area (Å²) in [6.07, 6.45) is 3.85. The lowest BCUT2D eigenvalue weighted by molar-refractivity contribution is 0.0950. The van der Waals surface area contributed by atoms with Gasteiger partial charge in [-0.05, 0) is 56.5 Å². The van der Waals surface area contributed by atoms with Gasteiger partial charge in [-0.1, -0.05) is 30.3 Å². The summed E-state index contributed by atoms with van der Waals surface area (Å²) < 4.78 is 5.65. The van der Waals surface area contributed by atoms with Gasteiger partial charge in [-0.2, -0.15) is 0 Å². The molecule has 4 heteroatoms. The van der Waals surface area contributed by atoms with Gasteiger partial charge in [0.2, 0.25) is 0 Å². The Labute approximate surface area is 160 Å². The fraction of sp³-hybridized carbons (Fsp3) is 0.318. The molecular weight excluding hydrogens is 342 g/mol. The van der Waals surface area contributed by atoms with Gasteiger partial charge in [0.25, 0.3) is 5.91 Å². The Morgan fingerprint density at radius 2 is 1.92 bits per heavy atom. The minimum atomic E-state index is -0.0159. The van der Waals surface area contributed by atoms with Crippen LogP contribution in [-0.4, -0.2) is 24.3 Å². The maximum absolute atomic E-state index is 12.4. The third kappa shape index (κ3) is 6.60. The molecule has 1 N–H and O–H groups in total. The molecule has 0 aromatic heterocycles. The van der Waals surface area contributed by atoms with Crippen molar-refractivity contribution in [1.29, 1.82) is 0 Å². The Morgan fingerprint density at radius 3 is 2.62 bits per heavy atom. The Balaban J connectivity index is 1.79. The number of carbonyl (C=O) groups is 1. The average Bonchev–Trinajstić information content (AvgIpc) is 2.64. The van der Waals surface area contributed by atoms with Crippen LogP contribution >= 0.6 is 11.8 Å². The van der Waals surface area contributed by atoms with Crippen LogP contribution in [0.5, 0.6) is 5.75 Å². The zero-order valence-corrected chi connectivity index (χ0v) is 16.4. The second-order valence-corrected chi connectivity index (χ2v) is 7.33. The highest BCUT2D eigenvalue weighted by atomic mass is 32.2. The third-order valence-electron chi connectivity index (χ3n) is 3.71. The van der Waals surface area contributed by atoms with Crippen LogP contribution in [0.4, 0.5) is 0 Å². The molecule has 0 unspecified atom stereocenters. The van der Waals surface area contributed by atoms with Crippen LogP contribution in [0.3, 0.4) is 0 Å². The van der Waals surface area contributed by atoms with E-state index in [9.17, 15) is 4.79 Å². The molecule has 3 nitrogen and oxygen atoms in total. The molecule has 0 saturated heterocycles. The van der Waals surface area contributed by atoms with Crippen LogP contribution in [0.25, 0.3) is 0 Å². The first-order valence-electron chi connectivity index (χ1n) is 8.96. The van der Waals surface area contributed by atoms with E-state index in [1.54, 1.807) is 11.8 Å². The standard InChI is InChI=1S/C22H27NO2S/c1-4-16-26-21-10-6-5-9-20(21)22(24)23-15-7-8-18-11-13-19(14-12-18)25-17(2)3/h4-6,9-14,17H,1,7-8,15-16H2,2-3H3,(H,23,24). The van der Waals surface area contributed by atoms with E-state index < -0.39 is 0 Å². The Hall–Kier alpha value is -2.20. The minimum absolute atomic E-state index is 0.0159. The molecule has 138 valence electrons. The molecule has 2 aromatic rings. The van der Waals surface area contributed by atoms with Gasteiger partial charge in [-0.15, -0.1) is 18.3 Å². The number of aryl methyl sites for hydroxylation is 1. The van der Waals surface area contributed by atoms with E-state index in [1.807, 2.05) is 56.3 Å². The van der Waals surface area contributed by atoms with Crippen molar-refractivity contribution in [2.45, 2.75) is 37.7 Å². The molecule has 0 saturated carbocycles. The maximum Gasteiger partial charge on any atom is 0.252 e. The quantitative estimate of drug-likeness (QED) is 0.359. The number of ether oxygens (including phenoxy) is 1. The summed E-state index contributed by atoms with van der Waals surface area (Å²) >= 11 is 1.63. The van der Waals surface area contributed by atoms with Gasteiger partial charge in [0.1, 0.15) is 5.75 Å². The van der Waals surface area contributed by atoms with E-state index in [2.05, 4.69) is 24.0 Å². The van der Waals surface area contributed by atoms with Gasteiger partial charge in [0.15, 0.2) is 0 Å². The first-order chi connectivity index (χ1) is 12.6. The Kier molecular flexibility index (Phi) is 8.29. The number of benzene rings is 2. The smallest absolute Gasteiger partial charge is 0.252 e. The Bertz CT molecular complexity index is 710. The van der Waals surface area contributed by atoms with Gasteiger partial charge in [0.05, 0.1) is 11.7 Å². The van der Waals surface area contributed by atoms with Gasteiger partial charge in [-0.3, -0.25) is 4.79 Å². The number of hydrogen-bond donors (Lipinski definition) is 1. The lowest BCUT2D eigenvalue weighted by Crippen LogP contribution is -2.25. The molecule has 26 heavy (non-hydrogen) atoms. The highest BCUT2D eigenvalue weighted by Gasteiger charge is 2.10. The highest BCUT2D eigenvalue weighted by molar-refractivity contribution is 7.99. The average molecular weight is 370 g/mol. The van der Waals surface area contributed by atoms with Crippen molar-refractivity contribution in [3.05, 3.63) is 72.3 Å². The van der Waals surface area contributed by atoms with Crippen molar-refractivity contribution in [3.8, 4) is 5.75 Å². The van der Waals surface area contributed by atoms with Gasteiger partial charge in [0, 0.05) is 17.2 Å². The van der Waals surface area contributed by atoms with E-state index in [0.29, 0.717) is 6.54 Å².